The predicted molar refractivity (Wildman–Crippen MR) is 49.3 cm³/mol. The van der Waals surface area contributed by atoms with E-state index in [2.05, 4.69) is 5.32 Å². The average molecular weight is 183 g/mol. The first-order valence-corrected chi connectivity index (χ1v) is 5.18. The molecule has 2 fully saturated rings. The second kappa shape index (κ2) is 3.66. The molecule has 1 saturated carbocycles. The summed E-state index contributed by atoms with van der Waals surface area (Å²) < 4.78 is 5.33. The largest absolute Gasteiger partial charge is 0.462 e. The molecule has 0 spiro atoms. The van der Waals surface area contributed by atoms with Gasteiger partial charge in [-0.3, -0.25) is 4.79 Å². The molecule has 1 heterocycles. The molecule has 3 atom stereocenters. The molecule has 0 aromatic carbocycles. The number of nitrogens with one attached hydrogen (secondary N) is 1. The fourth-order valence-electron chi connectivity index (χ4n) is 2.66. The number of fused-ring (bicyclic) bond motifs is 1. The second-order valence-electron chi connectivity index (χ2n) is 4.09. The lowest BCUT2D eigenvalue weighted by atomic mass is 9.83. The van der Waals surface area contributed by atoms with Crippen LogP contribution in [0.25, 0.3) is 0 Å². The van der Waals surface area contributed by atoms with Gasteiger partial charge in [0.25, 0.3) is 0 Å². The van der Waals surface area contributed by atoms with Gasteiger partial charge in [0.2, 0.25) is 0 Å². The highest BCUT2D eigenvalue weighted by molar-refractivity contribution is 5.66. The number of hydrogen-bond donors (Lipinski definition) is 1. The Kier molecular flexibility index (Phi) is 2.54. The molecule has 2 rings (SSSR count). The Labute approximate surface area is 78.8 Å². The van der Waals surface area contributed by atoms with Crippen molar-refractivity contribution in [3.8, 4) is 0 Å². The maximum Gasteiger partial charge on any atom is 0.302 e. The van der Waals surface area contributed by atoms with Crippen LogP contribution < -0.4 is 5.32 Å². The van der Waals surface area contributed by atoms with Gasteiger partial charge in [-0.05, 0) is 32.2 Å². The number of rotatable bonds is 1. The van der Waals surface area contributed by atoms with E-state index >= 15 is 0 Å². The standard InChI is InChI=1S/C10H17NO2/c1-7(12)13-10-4-2-3-9-8(10)5-6-11-9/h8-11H,2-6H2,1H3. The second-order valence-corrected chi connectivity index (χ2v) is 4.09. The van der Waals surface area contributed by atoms with E-state index in [4.69, 9.17) is 4.74 Å². The third-order valence-corrected chi connectivity index (χ3v) is 3.20. The van der Waals surface area contributed by atoms with E-state index in [0.29, 0.717) is 12.0 Å². The van der Waals surface area contributed by atoms with Gasteiger partial charge >= 0.3 is 5.97 Å². The third kappa shape index (κ3) is 1.85. The Bertz CT molecular complexity index is 205. The minimum atomic E-state index is -0.127. The molecule has 1 aliphatic heterocycles. The first-order valence-electron chi connectivity index (χ1n) is 5.18. The van der Waals surface area contributed by atoms with Gasteiger partial charge in [0.05, 0.1) is 0 Å². The van der Waals surface area contributed by atoms with E-state index in [0.717, 1.165) is 13.0 Å². The van der Waals surface area contributed by atoms with Crippen LogP contribution in [-0.2, 0) is 9.53 Å². The summed E-state index contributed by atoms with van der Waals surface area (Å²) in [6.07, 6.45) is 4.85. The molecule has 0 aromatic heterocycles. The fraction of sp³-hybridized carbons (Fsp3) is 0.900. The van der Waals surface area contributed by atoms with E-state index in [1.165, 1.54) is 26.2 Å². The monoisotopic (exact) mass is 183 g/mol. The highest BCUT2D eigenvalue weighted by atomic mass is 16.5. The third-order valence-electron chi connectivity index (χ3n) is 3.20. The Balaban J connectivity index is 1.97. The van der Waals surface area contributed by atoms with E-state index in [9.17, 15) is 4.79 Å². The van der Waals surface area contributed by atoms with E-state index in [-0.39, 0.29) is 12.1 Å². The SMILES string of the molecule is CC(=O)OC1CCCC2NCCC21. The zero-order chi connectivity index (χ0) is 9.26. The van der Waals surface area contributed by atoms with Gasteiger partial charge in [0.15, 0.2) is 0 Å². The molecule has 0 amide bonds. The van der Waals surface area contributed by atoms with Crippen molar-refractivity contribution in [3.63, 3.8) is 0 Å². The molecule has 3 unspecified atom stereocenters. The highest BCUT2D eigenvalue weighted by Crippen LogP contribution is 2.32. The first-order chi connectivity index (χ1) is 6.27. The summed E-state index contributed by atoms with van der Waals surface area (Å²) in [5.41, 5.74) is 0. The van der Waals surface area contributed by atoms with Crippen molar-refractivity contribution in [1.29, 1.82) is 0 Å². The molecule has 74 valence electrons. The summed E-state index contributed by atoms with van der Waals surface area (Å²) in [5.74, 6) is 0.454. The lowest BCUT2D eigenvalue weighted by Crippen LogP contribution is -2.39. The van der Waals surface area contributed by atoms with Crippen LogP contribution in [0.15, 0.2) is 0 Å². The highest BCUT2D eigenvalue weighted by Gasteiger charge is 2.37. The summed E-state index contributed by atoms with van der Waals surface area (Å²) in [4.78, 5) is 10.9. The molecule has 1 aliphatic carbocycles. The fourth-order valence-corrected chi connectivity index (χ4v) is 2.66. The van der Waals surface area contributed by atoms with Crippen molar-refractivity contribution in [2.24, 2.45) is 5.92 Å². The Morgan fingerprint density at radius 1 is 1.38 bits per heavy atom. The number of hydrogen-bond acceptors (Lipinski definition) is 3. The van der Waals surface area contributed by atoms with Gasteiger partial charge in [-0.15, -0.1) is 0 Å². The lowest BCUT2D eigenvalue weighted by molar-refractivity contribution is -0.150. The summed E-state index contributed by atoms with van der Waals surface area (Å²) >= 11 is 0. The Morgan fingerprint density at radius 2 is 2.23 bits per heavy atom. The van der Waals surface area contributed by atoms with Crippen LogP contribution in [0.4, 0.5) is 0 Å². The lowest BCUT2D eigenvalue weighted by Gasteiger charge is -2.32. The molecule has 1 saturated heterocycles. The molecular formula is C10H17NO2. The van der Waals surface area contributed by atoms with Crippen molar-refractivity contribution < 1.29 is 9.53 Å². The van der Waals surface area contributed by atoms with Crippen LogP contribution in [0.1, 0.15) is 32.6 Å². The molecule has 0 aromatic rings. The normalized spacial score (nSPS) is 38.4. The van der Waals surface area contributed by atoms with Crippen LogP contribution >= 0.6 is 0 Å². The average Bonchev–Trinajstić information content (AvgIpc) is 2.51. The van der Waals surface area contributed by atoms with E-state index in [1.807, 2.05) is 0 Å². The Hall–Kier alpha value is -0.570. The van der Waals surface area contributed by atoms with Crippen LogP contribution in [-0.4, -0.2) is 24.7 Å². The van der Waals surface area contributed by atoms with Crippen LogP contribution in [0.3, 0.4) is 0 Å². The Morgan fingerprint density at radius 3 is 3.00 bits per heavy atom. The smallest absolute Gasteiger partial charge is 0.302 e. The maximum atomic E-state index is 10.9. The zero-order valence-corrected chi connectivity index (χ0v) is 8.08. The first kappa shape index (κ1) is 9.00. The van der Waals surface area contributed by atoms with E-state index < -0.39 is 0 Å². The quantitative estimate of drug-likeness (QED) is 0.618. The topological polar surface area (TPSA) is 38.3 Å². The minimum Gasteiger partial charge on any atom is -0.462 e. The summed E-state index contributed by atoms with van der Waals surface area (Å²) in [6.45, 7) is 2.60. The number of carbonyl (C=O) groups is 1. The van der Waals surface area contributed by atoms with Crippen molar-refractivity contribution >= 4 is 5.97 Å². The number of esters is 1. The van der Waals surface area contributed by atoms with E-state index in [1.54, 1.807) is 0 Å². The molecule has 2 aliphatic rings. The summed E-state index contributed by atoms with van der Waals surface area (Å²) in [6, 6.07) is 0.609. The van der Waals surface area contributed by atoms with Crippen molar-refractivity contribution in [3.05, 3.63) is 0 Å². The van der Waals surface area contributed by atoms with Crippen LogP contribution in [0.2, 0.25) is 0 Å². The van der Waals surface area contributed by atoms with Crippen molar-refractivity contribution in [2.45, 2.75) is 44.8 Å². The summed E-state index contributed by atoms with van der Waals surface area (Å²) in [5, 5.41) is 3.47. The van der Waals surface area contributed by atoms with Gasteiger partial charge in [0, 0.05) is 18.9 Å². The maximum absolute atomic E-state index is 10.9. The molecule has 3 heteroatoms. The van der Waals surface area contributed by atoms with Gasteiger partial charge in [-0.1, -0.05) is 0 Å². The number of ether oxygens (including phenoxy) is 1. The zero-order valence-electron chi connectivity index (χ0n) is 8.08. The molecular weight excluding hydrogens is 166 g/mol. The molecule has 0 radical (unpaired) electrons. The van der Waals surface area contributed by atoms with Crippen molar-refractivity contribution in [2.75, 3.05) is 6.54 Å². The summed E-state index contributed by atoms with van der Waals surface area (Å²) in [7, 11) is 0. The molecule has 13 heavy (non-hydrogen) atoms. The predicted octanol–water partition coefficient (Wildman–Crippen LogP) is 1.08. The van der Waals surface area contributed by atoms with Gasteiger partial charge in [0.1, 0.15) is 6.10 Å². The van der Waals surface area contributed by atoms with Crippen LogP contribution in [0, 0.1) is 5.92 Å². The van der Waals surface area contributed by atoms with Gasteiger partial charge < -0.3 is 10.1 Å². The van der Waals surface area contributed by atoms with Gasteiger partial charge in [-0.25, -0.2) is 0 Å². The minimum absolute atomic E-state index is 0.127. The van der Waals surface area contributed by atoms with Gasteiger partial charge in [-0.2, -0.15) is 0 Å². The van der Waals surface area contributed by atoms with Crippen molar-refractivity contribution in [1.82, 2.24) is 5.32 Å². The molecule has 1 N–H and O–H groups in total. The molecule has 3 nitrogen and oxygen atoms in total. The molecule has 0 bridgehead atoms. The van der Waals surface area contributed by atoms with Crippen LogP contribution in [0.5, 0.6) is 0 Å². The number of carbonyl (C=O) groups excluding carboxylic acids is 1.